The minimum absolute atomic E-state index is 0.0253. The zero-order valence-corrected chi connectivity index (χ0v) is 17.2. The van der Waals surface area contributed by atoms with Gasteiger partial charge in [-0.1, -0.05) is 11.6 Å². The topological polar surface area (TPSA) is 135 Å². The molecule has 31 heavy (non-hydrogen) atoms. The molecule has 9 nitrogen and oxygen atoms in total. The average molecular weight is 445 g/mol. The van der Waals surface area contributed by atoms with Crippen LogP contribution in [0.1, 0.15) is 15.9 Å². The first kappa shape index (κ1) is 23.3. The average Bonchev–Trinajstić information content (AvgIpc) is 2.75. The van der Waals surface area contributed by atoms with Gasteiger partial charge in [0.25, 0.3) is 5.91 Å². The van der Waals surface area contributed by atoms with Crippen molar-refractivity contribution in [1.82, 2.24) is 0 Å². The summed E-state index contributed by atoms with van der Waals surface area (Å²) >= 11 is 6.14. The molecule has 0 fully saturated rings. The normalized spacial score (nSPS) is 10.6. The van der Waals surface area contributed by atoms with Crippen molar-refractivity contribution in [2.45, 2.75) is 0 Å². The Morgan fingerprint density at radius 1 is 1.19 bits per heavy atom. The first-order chi connectivity index (χ1) is 14.8. The number of ether oxygens (including phenoxy) is 3. The number of amides is 1. The van der Waals surface area contributed by atoms with Gasteiger partial charge < -0.3 is 24.6 Å². The molecule has 0 aliphatic rings. The Bertz CT molecular complexity index is 1070. The molecule has 0 aliphatic heterocycles. The summed E-state index contributed by atoms with van der Waals surface area (Å²) < 4.78 is 14.9. The van der Waals surface area contributed by atoms with E-state index in [0.717, 1.165) is 0 Å². The highest BCUT2D eigenvalue weighted by Crippen LogP contribution is 2.37. The Labute approximate surface area is 182 Å². The maximum atomic E-state index is 12.5. The predicted molar refractivity (Wildman–Crippen MR) is 111 cm³/mol. The van der Waals surface area contributed by atoms with Crippen LogP contribution in [0, 0.1) is 11.3 Å². The van der Waals surface area contributed by atoms with Crippen molar-refractivity contribution in [3.63, 3.8) is 0 Å². The first-order valence-electron chi connectivity index (χ1n) is 8.62. The van der Waals surface area contributed by atoms with E-state index >= 15 is 0 Å². The van der Waals surface area contributed by atoms with Crippen molar-refractivity contribution in [3.8, 4) is 17.6 Å². The number of carboxylic acids is 1. The molecular weight excluding hydrogens is 428 g/mol. The standard InChI is InChI=1S/C21H17ClN2O7/c1-29-17-9-12(8-16(22)19(17)31-11-18(25)26)7-14(10-23)20(27)24-15-5-3-13(4-6-15)21(28)30-2/h3-9H,11H2,1-2H3,(H,24,27)(H,25,26)/b14-7+. The Morgan fingerprint density at radius 2 is 1.87 bits per heavy atom. The molecule has 2 aromatic carbocycles. The molecule has 0 aliphatic carbocycles. The molecule has 0 saturated heterocycles. The molecule has 0 atom stereocenters. The van der Waals surface area contributed by atoms with E-state index in [1.165, 1.54) is 56.7 Å². The van der Waals surface area contributed by atoms with E-state index in [1.54, 1.807) is 6.07 Å². The van der Waals surface area contributed by atoms with Crippen LogP contribution in [0.15, 0.2) is 42.0 Å². The Morgan fingerprint density at radius 3 is 2.42 bits per heavy atom. The summed E-state index contributed by atoms with van der Waals surface area (Å²) in [6.45, 7) is -0.619. The maximum absolute atomic E-state index is 12.5. The fraction of sp³-hybridized carbons (Fsp3) is 0.143. The number of nitriles is 1. The van der Waals surface area contributed by atoms with Crippen LogP contribution in [0.2, 0.25) is 5.02 Å². The van der Waals surface area contributed by atoms with E-state index in [1.807, 2.05) is 0 Å². The number of esters is 1. The SMILES string of the molecule is COC(=O)c1ccc(NC(=O)/C(C#N)=C/c2cc(Cl)c(OCC(=O)O)c(OC)c2)cc1. The number of aliphatic carboxylic acids is 1. The van der Waals surface area contributed by atoms with Gasteiger partial charge in [0.05, 0.1) is 24.8 Å². The highest BCUT2D eigenvalue weighted by molar-refractivity contribution is 6.32. The third-order valence-corrected chi connectivity index (χ3v) is 4.11. The number of rotatable bonds is 8. The summed E-state index contributed by atoms with van der Waals surface area (Å²) in [5.74, 6) is -2.23. The van der Waals surface area contributed by atoms with Crippen molar-refractivity contribution in [1.29, 1.82) is 5.26 Å². The molecule has 2 N–H and O–H groups in total. The van der Waals surface area contributed by atoms with Crippen LogP contribution in [0.4, 0.5) is 5.69 Å². The fourth-order valence-electron chi connectivity index (χ4n) is 2.42. The van der Waals surface area contributed by atoms with E-state index in [0.29, 0.717) is 16.8 Å². The van der Waals surface area contributed by atoms with Crippen LogP contribution in [-0.2, 0) is 14.3 Å². The zero-order valence-electron chi connectivity index (χ0n) is 16.5. The van der Waals surface area contributed by atoms with Gasteiger partial charge in [0.2, 0.25) is 0 Å². The molecule has 0 bridgehead atoms. The molecule has 0 radical (unpaired) electrons. The van der Waals surface area contributed by atoms with E-state index in [2.05, 4.69) is 10.1 Å². The van der Waals surface area contributed by atoms with Gasteiger partial charge in [-0.2, -0.15) is 5.26 Å². The molecule has 160 valence electrons. The van der Waals surface area contributed by atoms with Gasteiger partial charge >= 0.3 is 11.9 Å². The van der Waals surface area contributed by atoms with Crippen LogP contribution < -0.4 is 14.8 Å². The van der Waals surface area contributed by atoms with Crippen LogP contribution in [-0.4, -0.2) is 43.8 Å². The monoisotopic (exact) mass is 444 g/mol. The minimum atomic E-state index is -1.19. The second-order valence-electron chi connectivity index (χ2n) is 5.91. The van der Waals surface area contributed by atoms with Crippen molar-refractivity contribution in [2.24, 2.45) is 0 Å². The number of nitrogens with zero attached hydrogens (tertiary/aromatic N) is 1. The molecule has 0 saturated carbocycles. The van der Waals surface area contributed by atoms with Gasteiger partial charge in [0.1, 0.15) is 11.6 Å². The van der Waals surface area contributed by atoms with Gasteiger partial charge in [-0.15, -0.1) is 0 Å². The summed E-state index contributed by atoms with van der Waals surface area (Å²) in [7, 11) is 2.59. The van der Waals surface area contributed by atoms with E-state index in [-0.39, 0.29) is 22.1 Å². The lowest BCUT2D eigenvalue weighted by Gasteiger charge is -2.12. The quantitative estimate of drug-likeness (QED) is 0.360. The lowest BCUT2D eigenvalue weighted by atomic mass is 10.1. The molecule has 0 aromatic heterocycles. The van der Waals surface area contributed by atoms with E-state index < -0.39 is 24.5 Å². The number of nitrogens with one attached hydrogen (secondary N) is 1. The Balaban J connectivity index is 2.25. The largest absolute Gasteiger partial charge is 0.493 e. The highest BCUT2D eigenvalue weighted by Gasteiger charge is 2.15. The number of hydrogen-bond acceptors (Lipinski definition) is 7. The molecular formula is C21H17ClN2O7. The number of anilines is 1. The summed E-state index contributed by atoms with van der Waals surface area (Å²) in [5.41, 5.74) is 0.807. The zero-order chi connectivity index (χ0) is 23.0. The third kappa shape index (κ3) is 6.22. The fourth-order valence-corrected chi connectivity index (χ4v) is 2.69. The molecule has 0 spiro atoms. The number of halogens is 1. The predicted octanol–water partition coefficient (Wildman–Crippen LogP) is 3.14. The van der Waals surface area contributed by atoms with Crippen molar-refractivity contribution in [3.05, 3.63) is 58.1 Å². The van der Waals surface area contributed by atoms with Gasteiger partial charge in [-0.3, -0.25) is 4.79 Å². The lowest BCUT2D eigenvalue weighted by molar-refractivity contribution is -0.139. The van der Waals surface area contributed by atoms with Crippen molar-refractivity contribution < 1.29 is 33.7 Å². The highest BCUT2D eigenvalue weighted by atomic mass is 35.5. The minimum Gasteiger partial charge on any atom is -0.493 e. The smallest absolute Gasteiger partial charge is 0.341 e. The third-order valence-electron chi connectivity index (χ3n) is 3.83. The second kappa shape index (κ2) is 10.7. The Kier molecular flexibility index (Phi) is 8.00. The van der Waals surface area contributed by atoms with E-state index in [4.69, 9.17) is 26.2 Å². The summed E-state index contributed by atoms with van der Waals surface area (Å²) in [6, 6.07) is 10.6. The van der Waals surface area contributed by atoms with Crippen LogP contribution in [0.3, 0.4) is 0 Å². The molecule has 10 heteroatoms. The van der Waals surface area contributed by atoms with Crippen molar-refractivity contribution >= 4 is 41.2 Å². The summed E-state index contributed by atoms with van der Waals surface area (Å²) in [6.07, 6.45) is 1.29. The molecule has 0 unspecified atom stereocenters. The number of carboxylic acid groups (broad SMARTS) is 1. The van der Waals surface area contributed by atoms with Gasteiger partial charge in [-0.05, 0) is 48.0 Å². The summed E-state index contributed by atoms with van der Waals surface area (Å²) in [5, 5.41) is 20.7. The van der Waals surface area contributed by atoms with Crippen LogP contribution in [0.25, 0.3) is 6.08 Å². The molecule has 2 aromatic rings. The van der Waals surface area contributed by atoms with Crippen LogP contribution >= 0.6 is 11.6 Å². The number of methoxy groups -OCH3 is 2. The number of carbonyl (C=O) groups is 3. The number of hydrogen-bond donors (Lipinski definition) is 2. The number of benzene rings is 2. The number of carbonyl (C=O) groups excluding carboxylic acids is 2. The second-order valence-corrected chi connectivity index (χ2v) is 6.32. The van der Waals surface area contributed by atoms with Gasteiger partial charge in [0, 0.05) is 5.69 Å². The molecule has 2 rings (SSSR count). The molecule has 1 amide bonds. The van der Waals surface area contributed by atoms with Gasteiger partial charge in [-0.25, -0.2) is 9.59 Å². The Hall–Kier alpha value is -4.03. The summed E-state index contributed by atoms with van der Waals surface area (Å²) in [4.78, 5) is 34.6. The first-order valence-corrected chi connectivity index (χ1v) is 9.00. The lowest BCUT2D eigenvalue weighted by Crippen LogP contribution is -2.13. The van der Waals surface area contributed by atoms with Crippen molar-refractivity contribution in [2.75, 3.05) is 26.1 Å². The van der Waals surface area contributed by atoms with Gasteiger partial charge in [0.15, 0.2) is 18.1 Å². The maximum Gasteiger partial charge on any atom is 0.341 e. The van der Waals surface area contributed by atoms with Crippen LogP contribution in [0.5, 0.6) is 11.5 Å². The van der Waals surface area contributed by atoms with E-state index in [9.17, 15) is 19.6 Å². The molecule has 0 heterocycles.